The van der Waals surface area contributed by atoms with Crippen molar-refractivity contribution in [1.82, 2.24) is 9.80 Å². The molecule has 0 saturated carbocycles. The van der Waals surface area contributed by atoms with Crippen LogP contribution in [0.15, 0.2) is 18.2 Å². The van der Waals surface area contributed by atoms with E-state index in [1.54, 1.807) is 34.9 Å². The molecular weight excluding hydrogens is 428 g/mol. The Morgan fingerprint density at radius 3 is 2.33 bits per heavy atom. The standard InChI is InChI=1S/C24H30N2O7/c1-17(27)25-8-4-23(5-9-25)15-20(28)19-3-2-18(14-21(19)33-23)30-16-22(29)26-10-6-24(7-11-26)31-12-13-32-24/h2-3,14H,4-13,15-16H2,1H3. The number of hydrogen-bond donors (Lipinski definition) is 0. The summed E-state index contributed by atoms with van der Waals surface area (Å²) in [5.41, 5.74) is -0.0512. The lowest BCUT2D eigenvalue weighted by Gasteiger charge is -2.43. The second-order valence-electron chi connectivity index (χ2n) is 9.33. The molecule has 0 aromatic heterocycles. The topological polar surface area (TPSA) is 94.6 Å². The summed E-state index contributed by atoms with van der Waals surface area (Å²) in [5, 5.41) is 0. The Morgan fingerprint density at radius 1 is 1.00 bits per heavy atom. The molecule has 0 atom stereocenters. The highest BCUT2D eigenvalue weighted by Gasteiger charge is 2.44. The number of hydrogen-bond acceptors (Lipinski definition) is 7. The number of Topliss-reactive ketones (excluding diaryl/α,β-unsaturated/α-hetero) is 1. The molecule has 1 aromatic rings. The van der Waals surface area contributed by atoms with Gasteiger partial charge in [-0.3, -0.25) is 14.4 Å². The van der Waals surface area contributed by atoms with Gasteiger partial charge in [-0.25, -0.2) is 0 Å². The van der Waals surface area contributed by atoms with E-state index in [1.807, 2.05) is 0 Å². The van der Waals surface area contributed by atoms with E-state index in [-0.39, 0.29) is 24.2 Å². The minimum Gasteiger partial charge on any atom is -0.486 e. The van der Waals surface area contributed by atoms with E-state index in [2.05, 4.69) is 0 Å². The first-order valence-electron chi connectivity index (χ1n) is 11.7. The molecule has 4 heterocycles. The Morgan fingerprint density at radius 2 is 1.67 bits per heavy atom. The Balaban J connectivity index is 1.19. The number of rotatable bonds is 3. The molecule has 2 spiro atoms. The lowest BCUT2D eigenvalue weighted by Crippen LogP contribution is -2.51. The van der Waals surface area contributed by atoms with Gasteiger partial charge in [0.15, 0.2) is 18.2 Å². The minimum absolute atomic E-state index is 0.0359. The Labute approximate surface area is 192 Å². The summed E-state index contributed by atoms with van der Waals surface area (Å²) in [5.74, 6) is 0.447. The van der Waals surface area contributed by atoms with Crippen LogP contribution in [0.4, 0.5) is 0 Å². The van der Waals surface area contributed by atoms with Crippen LogP contribution >= 0.6 is 0 Å². The first-order chi connectivity index (χ1) is 15.9. The maximum absolute atomic E-state index is 12.8. The quantitative estimate of drug-likeness (QED) is 0.681. The van der Waals surface area contributed by atoms with Crippen molar-refractivity contribution in [3.8, 4) is 11.5 Å². The van der Waals surface area contributed by atoms with Crippen LogP contribution in [-0.2, 0) is 19.1 Å². The van der Waals surface area contributed by atoms with E-state index in [9.17, 15) is 14.4 Å². The maximum Gasteiger partial charge on any atom is 0.260 e. The molecule has 2 amide bonds. The molecular formula is C24H30N2O7. The molecule has 0 radical (unpaired) electrons. The summed E-state index contributed by atoms with van der Waals surface area (Å²) < 4.78 is 23.5. The molecule has 178 valence electrons. The zero-order chi connectivity index (χ0) is 23.1. The molecule has 3 saturated heterocycles. The highest BCUT2D eigenvalue weighted by atomic mass is 16.7. The van der Waals surface area contributed by atoms with Gasteiger partial charge in [-0.05, 0) is 12.1 Å². The van der Waals surface area contributed by atoms with E-state index in [4.69, 9.17) is 18.9 Å². The molecule has 0 bridgehead atoms. The molecule has 33 heavy (non-hydrogen) atoms. The Kier molecular flexibility index (Phi) is 5.78. The van der Waals surface area contributed by atoms with Gasteiger partial charge >= 0.3 is 0 Å². The van der Waals surface area contributed by atoms with Crippen LogP contribution < -0.4 is 9.47 Å². The van der Waals surface area contributed by atoms with Crippen molar-refractivity contribution in [3.63, 3.8) is 0 Å². The van der Waals surface area contributed by atoms with Crippen molar-refractivity contribution in [2.75, 3.05) is 46.0 Å². The average Bonchev–Trinajstić information content (AvgIpc) is 3.25. The van der Waals surface area contributed by atoms with Crippen molar-refractivity contribution < 1.29 is 33.3 Å². The van der Waals surface area contributed by atoms with Gasteiger partial charge in [-0.2, -0.15) is 0 Å². The minimum atomic E-state index is -0.585. The zero-order valence-corrected chi connectivity index (χ0v) is 19.0. The summed E-state index contributed by atoms with van der Waals surface area (Å²) in [6.07, 6.45) is 2.87. The van der Waals surface area contributed by atoms with Crippen LogP contribution in [0.1, 0.15) is 49.4 Å². The SMILES string of the molecule is CC(=O)N1CCC2(CC1)CC(=O)c1ccc(OCC(=O)N3CCC4(CC3)OCCO4)cc1O2. The van der Waals surface area contributed by atoms with Crippen LogP contribution in [0.3, 0.4) is 0 Å². The predicted octanol–water partition coefficient (Wildman–Crippen LogP) is 1.78. The first-order valence-corrected chi connectivity index (χ1v) is 11.7. The number of benzene rings is 1. The van der Waals surface area contributed by atoms with Crippen LogP contribution in [-0.4, -0.2) is 84.8 Å². The molecule has 9 nitrogen and oxygen atoms in total. The number of ketones is 1. The van der Waals surface area contributed by atoms with Gasteiger partial charge in [-0.15, -0.1) is 0 Å². The smallest absolute Gasteiger partial charge is 0.260 e. The lowest BCUT2D eigenvalue weighted by atomic mass is 9.82. The normalized spacial score (nSPS) is 23.4. The Bertz CT molecular complexity index is 938. The number of likely N-dealkylation sites (tertiary alicyclic amines) is 2. The van der Waals surface area contributed by atoms with Crippen molar-refractivity contribution in [2.45, 2.75) is 50.4 Å². The van der Waals surface area contributed by atoms with Crippen LogP contribution in [0, 0.1) is 0 Å². The van der Waals surface area contributed by atoms with Gasteiger partial charge < -0.3 is 28.7 Å². The highest BCUT2D eigenvalue weighted by molar-refractivity contribution is 6.00. The fourth-order valence-electron chi connectivity index (χ4n) is 5.19. The molecule has 4 aliphatic heterocycles. The van der Waals surface area contributed by atoms with Gasteiger partial charge in [0.25, 0.3) is 5.91 Å². The number of carbonyl (C=O) groups is 3. The van der Waals surface area contributed by atoms with Crippen LogP contribution in [0.2, 0.25) is 0 Å². The summed E-state index contributed by atoms with van der Waals surface area (Å²) in [7, 11) is 0. The molecule has 1 aromatic carbocycles. The largest absolute Gasteiger partial charge is 0.486 e. The fourth-order valence-corrected chi connectivity index (χ4v) is 5.19. The van der Waals surface area contributed by atoms with Crippen molar-refractivity contribution in [3.05, 3.63) is 23.8 Å². The van der Waals surface area contributed by atoms with Crippen molar-refractivity contribution in [1.29, 1.82) is 0 Å². The lowest BCUT2D eigenvalue weighted by molar-refractivity contribution is -0.187. The molecule has 3 fully saturated rings. The van der Waals surface area contributed by atoms with Crippen molar-refractivity contribution >= 4 is 17.6 Å². The first kappa shape index (κ1) is 22.2. The molecule has 0 unspecified atom stereocenters. The number of carbonyl (C=O) groups excluding carboxylic acids is 3. The van der Waals surface area contributed by atoms with E-state index >= 15 is 0 Å². The van der Waals surface area contributed by atoms with E-state index in [0.717, 1.165) is 0 Å². The van der Waals surface area contributed by atoms with Gasteiger partial charge in [0, 0.05) is 64.9 Å². The van der Waals surface area contributed by atoms with Gasteiger partial charge in [-0.1, -0.05) is 0 Å². The van der Waals surface area contributed by atoms with Gasteiger partial charge in [0.1, 0.15) is 17.1 Å². The van der Waals surface area contributed by atoms with E-state index < -0.39 is 11.4 Å². The number of nitrogens with zero attached hydrogens (tertiary/aromatic N) is 2. The van der Waals surface area contributed by atoms with Crippen LogP contribution in [0.25, 0.3) is 0 Å². The van der Waals surface area contributed by atoms with E-state index in [1.165, 1.54) is 0 Å². The molecule has 0 aliphatic carbocycles. The maximum atomic E-state index is 12.8. The van der Waals surface area contributed by atoms with Gasteiger partial charge in [0.2, 0.25) is 5.91 Å². The van der Waals surface area contributed by atoms with E-state index in [0.29, 0.717) is 88.6 Å². The molecule has 0 N–H and O–H groups in total. The highest BCUT2D eigenvalue weighted by Crippen LogP contribution is 2.41. The summed E-state index contributed by atoms with van der Waals surface area (Å²) in [4.78, 5) is 40.6. The number of piperidine rings is 2. The summed E-state index contributed by atoms with van der Waals surface area (Å²) in [6, 6.07) is 5.10. The molecule has 9 heteroatoms. The van der Waals surface area contributed by atoms with Crippen molar-refractivity contribution in [2.24, 2.45) is 0 Å². The number of amides is 2. The predicted molar refractivity (Wildman–Crippen MR) is 116 cm³/mol. The third-order valence-corrected chi connectivity index (χ3v) is 7.24. The monoisotopic (exact) mass is 458 g/mol. The number of fused-ring (bicyclic) bond motifs is 1. The fraction of sp³-hybridized carbons (Fsp3) is 0.625. The van der Waals surface area contributed by atoms with Gasteiger partial charge in [0.05, 0.1) is 25.2 Å². The second-order valence-corrected chi connectivity index (χ2v) is 9.33. The Hall–Kier alpha value is -2.65. The second kappa shape index (κ2) is 8.61. The average molecular weight is 459 g/mol. The number of ether oxygens (including phenoxy) is 4. The van der Waals surface area contributed by atoms with Crippen LogP contribution in [0.5, 0.6) is 11.5 Å². The third kappa shape index (κ3) is 4.44. The molecule has 5 rings (SSSR count). The summed E-state index contributed by atoms with van der Waals surface area (Å²) >= 11 is 0. The zero-order valence-electron chi connectivity index (χ0n) is 19.0. The third-order valence-electron chi connectivity index (χ3n) is 7.24. The molecule has 4 aliphatic rings. The summed E-state index contributed by atoms with van der Waals surface area (Å²) in [6.45, 7) is 5.00.